The van der Waals surface area contributed by atoms with Crippen LogP contribution in [0.2, 0.25) is 0 Å². The molecule has 2 aromatic heterocycles. The lowest BCUT2D eigenvalue weighted by Gasteiger charge is -2.24. The third-order valence-electron chi connectivity index (χ3n) is 3.03. The van der Waals surface area contributed by atoms with Gasteiger partial charge in [-0.3, -0.25) is 14.6 Å². The zero-order valence-electron chi connectivity index (χ0n) is 11.6. The maximum absolute atomic E-state index is 12.5. The van der Waals surface area contributed by atoms with Crippen LogP contribution in [0, 0.1) is 5.92 Å². The van der Waals surface area contributed by atoms with Gasteiger partial charge in [-0.05, 0) is 23.1 Å². The molecular formula is C15H16N2O3S. The quantitative estimate of drug-likeness (QED) is 0.890. The van der Waals surface area contributed by atoms with Crippen molar-refractivity contribution >= 4 is 23.2 Å². The molecule has 2 aromatic rings. The van der Waals surface area contributed by atoms with Gasteiger partial charge >= 0.3 is 5.97 Å². The summed E-state index contributed by atoms with van der Waals surface area (Å²) in [6.45, 7) is 2.11. The molecule has 1 N–H and O–H groups in total. The highest BCUT2D eigenvalue weighted by molar-refractivity contribution is 7.12. The molecule has 0 radical (unpaired) electrons. The maximum Gasteiger partial charge on any atom is 0.308 e. The second kappa shape index (κ2) is 6.99. The van der Waals surface area contributed by atoms with Crippen molar-refractivity contribution in [1.82, 2.24) is 9.88 Å². The van der Waals surface area contributed by atoms with Crippen LogP contribution in [0.15, 0.2) is 42.0 Å². The lowest BCUT2D eigenvalue weighted by molar-refractivity contribution is -0.141. The van der Waals surface area contributed by atoms with E-state index in [4.69, 9.17) is 5.11 Å². The van der Waals surface area contributed by atoms with Gasteiger partial charge in [-0.2, -0.15) is 0 Å². The Morgan fingerprint density at radius 2 is 2.19 bits per heavy atom. The fourth-order valence-corrected chi connectivity index (χ4v) is 2.59. The van der Waals surface area contributed by atoms with Crippen LogP contribution in [-0.4, -0.2) is 33.4 Å². The molecule has 21 heavy (non-hydrogen) atoms. The second-order valence-electron chi connectivity index (χ2n) is 4.76. The third kappa shape index (κ3) is 4.13. The second-order valence-corrected chi connectivity index (χ2v) is 5.71. The summed E-state index contributed by atoms with van der Waals surface area (Å²) in [6.07, 6.45) is 3.34. The summed E-state index contributed by atoms with van der Waals surface area (Å²) in [5, 5.41) is 10.9. The summed E-state index contributed by atoms with van der Waals surface area (Å²) in [4.78, 5) is 29.7. The number of carboxylic acid groups (broad SMARTS) is 1. The highest BCUT2D eigenvalue weighted by atomic mass is 32.1. The van der Waals surface area contributed by atoms with Crippen LogP contribution >= 0.6 is 11.3 Å². The SMILES string of the molecule is CC(CN(Cc1cccnc1)C(=O)c1cccs1)C(=O)O. The Kier molecular flexibility index (Phi) is 5.05. The van der Waals surface area contributed by atoms with Gasteiger partial charge < -0.3 is 10.0 Å². The van der Waals surface area contributed by atoms with E-state index in [0.29, 0.717) is 11.4 Å². The molecule has 110 valence electrons. The maximum atomic E-state index is 12.5. The van der Waals surface area contributed by atoms with E-state index in [-0.39, 0.29) is 12.5 Å². The predicted molar refractivity (Wildman–Crippen MR) is 80.1 cm³/mol. The van der Waals surface area contributed by atoms with Crippen molar-refractivity contribution in [2.24, 2.45) is 5.92 Å². The van der Waals surface area contributed by atoms with Crippen molar-refractivity contribution in [3.8, 4) is 0 Å². The van der Waals surface area contributed by atoms with Gasteiger partial charge in [0.2, 0.25) is 0 Å². The van der Waals surface area contributed by atoms with Crippen molar-refractivity contribution < 1.29 is 14.7 Å². The standard InChI is InChI=1S/C15H16N2O3S/c1-11(15(19)20)9-17(10-12-4-2-6-16-8-12)14(18)13-5-3-7-21-13/h2-8,11H,9-10H2,1H3,(H,19,20). The van der Waals surface area contributed by atoms with Gasteiger partial charge in [0.05, 0.1) is 10.8 Å². The van der Waals surface area contributed by atoms with Gasteiger partial charge in [-0.15, -0.1) is 11.3 Å². The van der Waals surface area contributed by atoms with Crippen LogP contribution in [0.5, 0.6) is 0 Å². The molecule has 0 saturated carbocycles. The van der Waals surface area contributed by atoms with Crippen LogP contribution in [0.4, 0.5) is 0 Å². The van der Waals surface area contributed by atoms with Gasteiger partial charge in [-0.1, -0.05) is 19.1 Å². The Hall–Kier alpha value is -2.21. The van der Waals surface area contributed by atoms with E-state index in [1.165, 1.54) is 11.3 Å². The van der Waals surface area contributed by atoms with Crippen molar-refractivity contribution in [2.75, 3.05) is 6.54 Å². The summed E-state index contributed by atoms with van der Waals surface area (Å²) in [5.74, 6) is -1.68. The molecule has 1 atom stereocenters. The molecule has 0 bridgehead atoms. The Morgan fingerprint density at radius 3 is 2.76 bits per heavy atom. The molecule has 1 amide bonds. The molecule has 0 aliphatic heterocycles. The zero-order valence-corrected chi connectivity index (χ0v) is 12.4. The smallest absolute Gasteiger partial charge is 0.308 e. The number of rotatable bonds is 6. The summed E-state index contributed by atoms with van der Waals surface area (Å²) >= 11 is 1.35. The van der Waals surface area contributed by atoms with Gasteiger partial charge in [0.25, 0.3) is 5.91 Å². The first-order chi connectivity index (χ1) is 10.1. The van der Waals surface area contributed by atoms with Gasteiger partial charge in [-0.25, -0.2) is 0 Å². The minimum atomic E-state index is -0.912. The molecule has 5 nitrogen and oxygen atoms in total. The molecule has 0 aromatic carbocycles. The minimum absolute atomic E-state index is 0.151. The van der Waals surface area contributed by atoms with Crippen molar-refractivity contribution in [3.63, 3.8) is 0 Å². The zero-order chi connectivity index (χ0) is 15.2. The third-order valence-corrected chi connectivity index (χ3v) is 3.89. The van der Waals surface area contributed by atoms with Crippen LogP contribution in [0.1, 0.15) is 22.2 Å². The number of thiophene rings is 1. The van der Waals surface area contributed by atoms with Gasteiger partial charge in [0.15, 0.2) is 0 Å². The molecule has 0 aliphatic carbocycles. The number of carbonyl (C=O) groups is 2. The van der Waals surface area contributed by atoms with Gasteiger partial charge in [0, 0.05) is 25.5 Å². The number of carbonyl (C=O) groups excluding carboxylic acids is 1. The van der Waals surface area contributed by atoms with Crippen molar-refractivity contribution in [3.05, 3.63) is 52.5 Å². The highest BCUT2D eigenvalue weighted by Crippen LogP contribution is 2.16. The van der Waals surface area contributed by atoms with E-state index < -0.39 is 11.9 Å². The number of aliphatic carboxylic acids is 1. The van der Waals surface area contributed by atoms with E-state index in [1.54, 1.807) is 42.4 Å². The first-order valence-electron chi connectivity index (χ1n) is 6.52. The normalized spacial score (nSPS) is 11.9. The fourth-order valence-electron chi connectivity index (χ4n) is 1.90. The summed E-state index contributed by atoms with van der Waals surface area (Å²) in [7, 11) is 0. The van der Waals surface area contributed by atoms with Gasteiger partial charge in [0.1, 0.15) is 0 Å². The minimum Gasteiger partial charge on any atom is -0.481 e. The molecule has 2 heterocycles. The highest BCUT2D eigenvalue weighted by Gasteiger charge is 2.22. The summed E-state index contributed by atoms with van der Waals surface area (Å²) in [5.41, 5.74) is 0.875. The number of aromatic nitrogens is 1. The molecule has 2 rings (SSSR count). The molecule has 1 unspecified atom stereocenters. The van der Waals surface area contributed by atoms with Crippen LogP contribution in [-0.2, 0) is 11.3 Å². The lowest BCUT2D eigenvalue weighted by atomic mass is 10.1. The first-order valence-corrected chi connectivity index (χ1v) is 7.40. The van der Waals surface area contributed by atoms with Crippen LogP contribution in [0.3, 0.4) is 0 Å². The average Bonchev–Trinajstić information content (AvgIpc) is 3.01. The number of hydrogen-bond acceptors (Lipinski definition) is 4. The van der Waals surface area contributed by atoms with Crippen LogP contribution < -0.4 is 0 Å². The van der Waals surface area contributed by atoms with E-state index in [1.807, 2.05) is 11.4 Å². The van der Waals surface area contributed by atoms with Crippen molar-refractivity contribution in [1.29, 1.82) is 0 Å². The van der Waals surface area contributed by atoms with E-state index >= 15 is 0 Å². The molecule has 0 fully saturated rings. The largest absolute Gasteiger partial charge is 0.481 e. The lowest BCUT2D eigenvalue weighted by Crippen LogP contribution is -2.36. The Bertz CT molecular complexity index is 599. The summed E-state index contributed by atoms with van der Waals surface area (Å²) in [6, 6.07) is 7.21. The fraction of sp³-hybridized carbons (Fsp3) is 0.267. The monoisotopic (exact) mass is 304 g/mol. The van der Waals surface area contributed by atoms with Crippen LogP contribution in [0.25, 0.3) is 0 Å². The van der Waals surface area contributed by atoms with E-state index in [0.717, 1.165) is 5.56 Å². The average molecular weight is 304 g/mol. The Balaban J connectivity index is 2.17. The molecule has 6 heteroatoms. The summed E-state index contributed by atoms with van der Waals surface area (Å²) < 4.78 is 0. The molecule has 0 spiro atoms. The van der Waals surface area contributed by atoms with E-state index in [9.17, 15) is 9.59 Å². The number of nitrogens with zero attached hydrogens (tertiary/aromatic N) is 2. The molecule has 0 saturated heterocycles. The molecule has 0 aliphatic rings. The Morgan fingerprint density at radius 1 is 1.38 bits per heavy atom. The predicted octanol–water partition coefficient (Wildman–Crippen LogP) is 2.51. The van der Waals surface area contributed by atoms with E-state index in [2.05, 4.69) is 4.98 Å². The first kappa shape index (κ1) is 15.2. The van der Waals surface area contributed by atoms with Crippen molar-refractivity contribution in [2.45, 2.75) is 13.5 Å². The number of carboxylic acids is 1. The number of amides is 1. The Labute approximate surface area is 126 Å². The number of pyridine rings is 1. The topological polar surface area (TPSA) is 70.5 Å². The number of hydrogen-bond donors (Lipinski definition) is 1. The molecular weight excluding hydrogens is 288 g/mol.